The Hall–Kier alpha value is -5.27. The fraction of sp³-hybridized carbons (Fsp3) is 0.654. The summed E-state index contributed by atoms with van der Waals surface area (Å²) < 4.78 is 78.2. The van der Waals surface area contributed by atoms with Crippen LogP contribution in [0.4, 0.5) is 0 Å². The Balaban J connectivity index is 1.85. The zero-order valence-electron chi connectivity index (χ0n) is 44.4. The fourth-order valence-electron chi connectivity index (χ4n) is 6.55. The number of esters is 5. The molecule has 5 atom stereocenters. The van der Waals surface area contributed by atoms with Gasteiger partial charge in [-0.15, -0.1) is 5.10 Å². The summed E-state index contributed by atoms with van der Waals surface area (Å²) >= 11 is 0. The first kappa shape index (κ1) is 58.3. The highest BCUT2D eigenvalue weighted by molar-refractivity contribution is 7.85. The highest BCUT2D eigenvalue weighted by Gasteiger charge is 2.56. The number of carbonyl (C=O) groups is 5. The SMILES string of the molecule is CC(C)(C)C(=O)OCCn1nc(O[C@@H]2O[C@H](COC(=O)C(C)(C)C)[C@@H](OC(=O)C(C)(C)C)[C@H](OC(=O)C(C)(C)C)[C@H]2OC(=O)C(C)(C)C)c2c(CCc3ccc(OCCCOS(C)(=O)=O)cc3)cccc21. The summed E-state index contributed by atoms with van der Waals surface area (Å²) in [4.78, 5) is 67.8. The van der Waals surface area contributed by atoms with Crippen LogP contribution in [0.25, 0.3) is 10.9 Å². The molecule has 0 saturated carbocycles. The molecular weight excluding hydrogens is 941 g/mol. The van der Waals surface area contributed by atoms with Crippen molar-refractivity contribution in [3.8, 4) is 11.6 Å². The molecule has 1 fully saturated rings. The topological polar surface area (TPSA) is 220 Å². The van der Waals surface area contributed by atoms with E-state index in [1.54, 1.807) is 109 Å². The highest BCUT2D eigenvalue weighted by atomic mass is 32.2. The van der Waals surface area contributed by atoms with E-state index in [1.165, 1.54) is 0 Å². The van der Waals surface area contributed by atoms with Gasteiger partial charge in [0.25, 0.3) is 10.1 Å². The molecule has 1 aliphatic heterocycles. The van der Waals surface area contributed by atoms with Crippen molar-refractivity contribution in [1.82, 2.24) is 9.78 Å². The largest absolute Gasteiger partial charge is 0.494 e. The fourth-order valence-corrected chi connectivity index (χ4v) is 6.97. The lowest BCUT2D eigenvalue weighted by Crippen LogP contribution is -2.65. The number of ether oxygens (including phenoxy) is 8. The maximum absolute atomic E-state index is 14.0. The van der Waals surface area contributed by atoms with Gasteiger partial charge in [0.05, 0.1) is 64.0 Å². The average Bonchev–Trinajstić information content (AvgIpc) is 3.59. The van der Waals surface area contributed by atoms with Gasteiger partial charge in [0.15, 0.2) is 12.2 Å². The zero-order chi connectivity index (χ0) is 53.5. The summed E-state index contributed by atoms with van der Waals surface area (Å²) in [7, 11) is -3.54. The van der Waals surface area contributed by atoms with Crippen molar-refractivity contribution >= 4 is 50.9 Å². The molecule has 3 aromatic rings. The van der Waals surface area contributed by atoms with E-state index < -0.39 is 104 Å². The van der Waals surface area contributed by atoms with Gasteiger partial charge in [-0.25, -0.2) is 0 Å². The quantitative estimate of drug-likeness (QED) is 0.0485. The third kappa shape index (κ3) is 17.2. The Labute approximate surface area is 419 Å². The number of nitrogens with zero attached hydrogens (tertiary/aromatic N) is 2. The van der Waals surface area contributed by atoms with Crippen LogP contribution in [0.5, 0.6) is 11.6 Å². The van der Waals surface area contributed by atoms with Gasteiger partial charge in [-0.1, -0.05) is 24.3 Å². The monoisotopic (exact) mass is 1020 g/mol. The van der Waals surface area contributed by atoms with E-state index in [1.807, 2.05) is 42.5 Å². The van der Waals surface area contributed by atoms with Crippen LogP contribution in [0.2, 0.25) is 0 Å². The Kier molecular flexibility index (Phi) is 19.0. The van der Waals surface area contributed by atoms with Crippen LogP contribution in [0.15, 0.2) is 42.5 Å². The molecule has 1 saturated heterocycles. The maximum Gasteiger partial charge on any atom is 0.311 e. The number of aryl methyl sites for hydroxylation is 2. The third-order valence-electron chi connectivity index (χ3n) is 10.8. The molecule has 1 aromatic heterocycles. The van der Waals surface area contributed by atoms with Crippen molar-refractivity contribution in [2.45, 2.75) is 160 Å². The number of benzene rings is 2. The second-order valence-corrected chi connectivity index (χ2v) is 24.6. The molecule has 0 spiro atoms. The zero-order valence-corrected chi connectivity index (χ0v) is 45.2. The number of hydrogen-bond acceptors (Lipinski definition) is 17. The van der Waals surface area contributed by atoms with E-state index in [0.29, 0.717) is 35.9 Å². The molecule has 18 nitrogen and oxygen atoms in total. The van der Waals surface area contributed by atoms with E-state index in [9.17, 15) is 32.4 Å². The number of rotatable bonds is 19. The van der Waals surface area contributed by atoms with E-state index in [-0.39, 0.29) is 32.2 Å². The first-order chi connectivity index (χ1) is 32.6. The molecule has 0 bridgehead atoms. The lowest BCUT2D eigenvalue weighted by molar-refractivity contribution is -0.294. The Bertz CT molecular complexity index is 2450. The average molecular weight is 1020 g/mol. The first-order valence-corrected chi connectivity index (χ1v) is 25.7. The molecular formula is C52H76N2O16S. The molecule has 2 aromatic carbocycles. The molecule has 0 aliphatic carbocycles. The van der Waals surface area contributed by atoms with E-state index in [4.69, 9.17) is 47.2 Å². The van der Waals surface area contributed by atoms with Gasteiger partial charge in [-0.3, -0.25) is 32.8 Å². The molecule has 0 N–H and O–H groups in total. The van der Waals surface area contributed by atoms with Crippen molar-refractivity contribution in [2.75, 3.05) is 32.7 Å². The Morgan fingerprint density at radius 1 is 0.620 bits per heavy atom. The predicted octanol–water partition coefficient (Wildman–Crippen LogP) is 7.72. The molecule has 0 unspecified atom stereocenters. The van der Waals surface area contributed by atoms with Crippen LogP contribution in [0, 0.1) is 27.1 Å². The number of aromatic nitrogens is 2. The van der Waals surface area contributed by atoms with Crippen molar-refractivity contribution < 1.29 is 74.5 Å². The Morgan fingerprint density at radius 3 is 1.68 bits per heavy atom. The maximum atomic E-state index is 14.0. The smallest absolute Gasteiger partial charge is 0.311 e. The van der Waals surface area contributed by atoms with Crippen molar-refractivity contribution in [2.24, 2.45) is 27.1 Å². The molecule has 2 heterocycles. The predicted molar refractivity (Wildman–Crippen MR) is 263 cm³/mol. The summed E-state index contributed by atoms with van der Waals surface area (Å²) in [6, 6.07) is 13.1. The van der Waals surface area contributed by atoms with Crippen LogP contribution in [-0.2, 0) is 86.1 Å². The van der Waals surface area contributed by atoms with Crippen molar-refractivity contribution in [1.29, 1.82) is 0 Å². The van der Waals surface area contributed by atoms with Crippen molar-refractivity contribution in [3.05, 3.63) is 53.6 Å². The second-order valence-electron chi connectivity index (χ2n) is 23.0. The molecule has 396 valence electrons. The van der Waals surface area contributed by atoms with E-state index in [2.05, 4.69) is 0 Å². The van der Waals surface area contributed by atoms with Crippen LogP contribution in [0.3, 0.4) is 0 Å². The van der Waals surface area contributed by atoms with Crippen molar-refractivity contribution in [3.63, 3.8) is 0 Å². The summed E-state index contributed by atoms with van der Waals surface area (Å²) in [5, 5.41) is 5.44. The third-order valence-corrected chi connectivity index (χ3v) is 11.4. The molecule has 71 heavy (non-hydrogen) atoms. The molecule has 0 amide bonds. The number of carbonyl (C=O) groups excluding carboxylic acids is 5. The number of hydrogen-bond donors (Lipinski definition) is 0. The standard InChI is InChI=1S/C52H76N2O16S/c1-48(2,3)43(55)63-30-27-54-35-20-17-19-33(24-21-32-22-25-34(26-23-32)62-28-18-29-65-71(16,60)61)37(35)41(53-54)70-42-40(69-47(59)52(13,14)15)39(68-46(58)51(10,11)12)38(67-45(57)50(7,8)9)36(66-42)31-64-44(56)49(4,5)6/h17,19-20,22-23,25-26,36,38-40,42H,18,21,24,27-31H2,1-16H3/t36-,38-,39+,40-,42+/m1/s1. The van der Waals surface area contributed by atoms with E-state index in [0.717, 1.165) is 17.4 Å². The van der Waals surface area contributed by atoms with E-state index >= 15 is 0 Å². The highest BCUT2D eigenvalue weighted by Crippen LogP contribution is 2.38. The molecule has 4 rings (SSSR count). The molecule has 0 radical (unpaired) electrons. The first-order valence-electron chi connectivity index (χ1n) is 23.9. The van der Waals surface area contributed by atoms with Crippen LogP contribution in [0.1, 0.15) is 121 Å². The number of fused-ring (bicyclic) bond motifs is 1. The van der Waals surface area contributed by atoms with Crippen LogP contribution < -0.4 is 9.47 Å². The molecule has 1 aliphatic rings. The minimum atomic E-state index is -3.54. The normalized spacial score (nSPS) is 19.1. The Morgan fingerprint density at radius 2 is 1.14 bits per heavy atom. The summed E-state index contributed by atoms with van der Waals surface area (Å²) in [5.74, 6) is -2.51. The van der Waals surface area contributed by atoms with Gasteiger partial charge in [0.2, 0.25) is 18.3 Å². The summed E-state index contributed by atoms with van der Waals surface area (Å²) in [6.07, 6.45) is -5.20. The van der Waals surface area contributed by atoms with Crippen LogP contribution >= 0.6 is 0 Å². The van der Waals surface area contributed by atoms with Gasteiger partial charge >= 0.3 is 29.8 Å². The lowest BCUT2D eigenvalue weighted by Gasteiger charge is -2.45. The minimum absolute atomic E-state index is 0.00842. The summed E-state index contributed by atoms with van der Waals surface area (Å²) in [6.45, 7) is 24.9. The minimum Gasteiger partial charge on any atom is -0.494 e. The summed E-state index contributed by atoms with van der Waals surface area (Å²) in [5.41, 5.74) is -2.57. The van der Waals surface area contributed by atoms with Crippen LogP contribution in [-0.4, -0.2) is 111 Å². The lowest BCUT2D eigenvalue weighted by atomic mass is 9.93. The second kappa shape index (κ2) is 23.1. The van der Waals surface area contributed by atoms with Gasteiger partial charge in [-0.2, -0.15) is 8.42 Å². The van der Waals surface area contributed by atoms with Gasteiger partial charge in [0, 0.05) is 6.42 Å². The van der Waals surface area contributed by atoms with Gasteiger partial charge < -0.3 is 37.9 Å². The van der Waals surface area contributed by atoms with Gasteiger partial charge in [-0.05, 0) is 146 Å². The molecule has 19 heteroatoms. The van der Waals surface area contributed by atoms with Gasteiger partial charge in [0.1, 0.15) is 25.1 Å².